The maximum atomic E-state index is 6.07. The Bertz CT molecular complexity index is 431. The standard InChI is InChI=1S/C18H26ClN/c1-13-5-7-14(8-6-13)12-20-18-10-16(11-18)15-3-2-4-17(19)9-15/h2-4,9,13-14,16,18,20H,5-8,10-12H2,1H3. The molecule has 2 aliphatic carbocycles. The average molecular weight is 292 g/mol. The summed E-state index contributed by atoms with van der Waals surface area (Å²) in [7, 11) is 0. The summed E-state index contributed by atoms with van der Waals surface area (Å²) in [5.41, 5.74) is 1.42. The van der Waals surface area contributed by atoms with E-state index in [-0.39, 0.29) is 0 Å². The summed E-state index contributed by atoms with van der Waals surface area (Å²) in [5.74, 6) is 2.61. The first-order valence-corrected chi connectivity index (χ1v) is 8.57. The topological polar surface area (TPSA) is 12.0 Å². The Hall–Kier alpha value is -0.530. The van der Waals surface area contributed by atoms with E-state index in [0.717, 1.165) is 28.8 Å². The number of hydrogen-bond acceptors (Lipinski definition) is 1. The van der Waals surface area contributed by atoms with Crippen LogP contribution in [-0.2, 0) is 0 Å². The highest BCUT2D eigenvalue weighted by molar-refractivity contribution is 6.30. The summed E-state index contributed by atoms with van der Waals surface area (Å²) >= 11 is 6.07. The normalized spacial score (nSPS) is 33.7. The lowest BCUT2D eigenvalue weighted by Gasteiger charge is -2.38. The molecule has 2 heteroatoms. The van der Waals surface area contributed by atoms with Crippen molar-refractivity contribution in [1.82, 2.24) is 5.32 Å². The Morgan fingerprint density at radius 2 is 1.90 bits per heavy atom. The van der Waals surface area contributed by atoms with Gasteiger partial charge < -0.3 is 5.32 Å². The van der Waals surface area contributed by atoms with E-state index in [1.54, 1.807) is 0 Å². The Balaban J connectivity index is 1.38. The molecule has 0 saturated heterocycles. The Morgan fingerprint density at radius 3 is 2.60 bits per heavy atom. The summed E-state index contributed by atoms with van der Waals surface area (Å²) in [6, 6.07) is 9.11. The van der Waals surface area contributed by atoms with Crippen molar-refractivity contribution in [2.24, 2.45) is 11.8 Å². The molecule has 0 aromatic heterocycles. The molecule has 0 heterocycles. The van der Waals surface area contributed by atoms with Gasteiger partial charge in [0.15, 0.2) is 0 Å². The van der Waals surface area contributed by atoms with Gasteiger partial charge in [-0.3, -0.25) is 0 Å². The average Bonchev–Trinajstić information content (AvgIpc) is 2.39. The lowest BCUT2D eigenvalue weighted by molar-refractivity contribution is 0.236. The molecule has 110 valence electrons. The molecule has 0 atom stereocenters. The van der Waals surface area contributed by atoms with Gasteiger partial charge in [-0.2, -0.15) is 0 Å². The predicted octanol–water partition coefficient (Wildman–Crippen LogP) is 5.00. The number of benzene rings is 1. The molecule has 20 heavy (non-hydrogen) atoms. The van der Waals surface area contributed by atoms with Gasteiger partial charge in [-0.15, -0.1) is 0 Å². The van der Waals surface area contributed by atoms with Crippen LogP contribution in [0, 0.1) is 11.8 Å². The Morgan fingerprint density at radius 1 is 1.15 bits per heavy atom. The zero-order valence-electron chi connectivity index (χ0n) is 12.4. The van der Waals surface area contributed by atoms with Crippen molar-refractivity contribution in [3.8, 4) is 0 Å². The SMILES string of the molecule is CC1CCC(CNC2CC(c3cccc(Cl)c3)C2)CC1. The largest absolute Gasteiger partial charge is 0.314 e. The van der Waals surface area contributed by atoms with Gasteiger partial charge in [0, 0.05) is 11.1 Å². The van der Waals surface area contributed by atoms with Gasteiger partial charge in [-0.1, -0.05) is 43.5 Å². The van der Waals surface area contributed by atoms with E-state index in [2.05, 4.69) is 30.4 Å². The van der Waals surface area contributed by atoms with Crippen LogP contribution < -0.4 is 5.32 Å². The first kappa shape index (κ1) is 14.4. The van der Waals surface area contributed by atoms with Gasteiger partial charge in [0.05, 0.1) is 0 Å². The molecule has 0 aliphatic heterocycles. The predicted molar refractivity (Wildman–Crippen MR) is 86.3 cm³/mol. The van der Waals surface area contributed by atoms with Gasteiger partial charge in [-0.25, -0.2) is 0 Å². The lowest BCUT2D eigenvalue weighted by atomic mass is 9.75. The molecule has 2 saturated carbocycles. The van der Waals surface area contributed by atoms with Gasteiger partial charge >= 0.3 is 0 Å². The number of halogens is 1. The maximum absolute atomic E-state index is 6.07. The van der Waals surface area contributed by atoms with Gasteiger partial charge in [0.1, 0.15) is 0 Å². The minimum absolute atomic E-state index is 0.720. The third kappa shape index (κ3) is 3.56. The Labute approximate surface area is 128 Å². The van der Waals surface area contributed by atoms with Gasteiger partial charge in [0.25, 0.3) is 0 Å². The van der Waals surface area contributed by atoms with Crippen LogP contribution in [0.4, 0.5) is 0 Å². The van der Waals surface area contributed by atoms with Crippen molar-refractivity contribution in [3.63, 3.8) is 0 Å². The van der Waals surface area contributed by atoms with Crippen LogP contribution in [0.25, 0.3) is 0 Å². The molecular weight excluding hydrogens is 266 g/mol. The fourth-order valence-corrected chi connectivity index (χ4v) is 3.88. The van der Waals surface area contributed by atoms with Crippen molar-refractivity contribution >= 4 is 11.6 Å². The van der Waals surface area contributed by atoms with Crippen molar-refractivity contribution in [2.45, 2.75) is 57.4 Å². The number of rotatable bonds is 4. The molecule has 1 nitrogen and oxygen atoms in total. The summed E-state index contributed by atoms with van der Waals surface area (Å²) < 4.78 is 0. The van der Waals surface area contributed by atoms with E-state index in [1.807, 2.05) is 6.07 Å². The zero-order chi connectivity index (χ0) is 13.9. The van der Waals surface area contributed by atoms with Gasteiger partial charge in [0.2, 0.25) is 0 Å². The summed E-state index contributed by atoms with van der Waals surface area (Å²) in [5, 5.41) is 4.66. The van der Waals surface area contributed by atoms with E-state index in [4.69, 9.17) is 11.6 Å². The lowest BCUT2D eigenvalue weighted by Crippen LogP contribution is -2.42. The minimum Gasteiger partial charge on any atom is -0.314 e. The molecule has 1 aromatic carbocycles. The van der Waals surface area contributed by atoms with E-state index in [0.29, 0.717) is 0 Å². The van der Waals surface area contributed by atoms with Crippen LogP contribution in [0.15, 0.2) is 24.3 Å². The summed E-state index contributed by atoms with van der Waals surface area (Å²) in [6.45, 7) is 3.63. The zero-order valence-corrected chi connectivity index (χ0v) is 13.2. The van der Waals surface area contributed by atoms with E-state index in [9.17, 15) is 0 Å². The quantitative estimate of drug-likeness (QED) is 0.823. The third-order valence-electron chi connectivity index (χ3n) is 5.29. The van der Waals surface area contributed by atoms with Crippen LogP contribution >= 0.6 is 11.6 Å². The highest BCUT2D eigenvalue weighted by atomic mass is 35.5. The molecule has 2 aliphatic rings. The first-order valence-electron chi connectivity index (χ1n) is 8.19. The van der Waals surface area contributed by atoms with E-state index < -0.39 is 0 Å². The van der Waals surface area contributed by atoms with E-state index in [1.165, 1.54) is 50.6 Å². The fourth-order valence-electron chi connectivity index (χ4n) is 3.68. The van der Waals surface area contributed by atoms with Crippen LogP contribution in [0.3, 0.4) is 0 Å². The van der Waals surface area contributed by atoms with Crippen LogP contribution in [0.5, 0.6) is 0 Å². The highest BCUT2D eigenvalue weighted by Gasteiger charge is 2.30. The van der Waals surface area contributed by atoms with Crippen molar-refractivity contribution in [3.05, 3.63) is 34.9 Å². The van der Waals surface area contributed by atoms with Crippen LogP contribution in [0.2, 0.25) is 5.02 Å². The molecule has 0 bridgehead atoms. The molecule has 0 amide bonds. The molecule has 0 spiro atoms. The molecule has 3 rings (SSSR count). The smallest absolute Gasteiger partial charge is 0.0408 e. The third-order valence-corrected chi connectivity index (χ3v) is 5.52. The minimum atomic E-state index is 0.720. The summed E-state index contributed by atoms with van der Waals surface area (Å²) in [6.07, 6.45) is 8.29. The molecule has 2 fully saturated rings. The van der Waals surface area contributed by atoms with Crippen LogP contribution in [0.1, 0.15) is 56.9 Å². The highest BCUT2D eigenvalue weighted by Crippen LogP contribution is 2.38. The molecule has 0 radical (unpaired) electrons. The van der Waals surface area contributed by atoms with Crippen molar-refractivity contribution < 1.29 is 0 Å². The van der Waals surface area contributed by atoms with Gasteiger partial charge in [-0.05, 0) is 67.7 Å². The van der Waals surface area contributed by atoms with Crippen molar-refractivity contribution in [1.29, 1.82) is 0 Å². The molecular formula is C18H26ClN. The molecule has 0 unspecified atom stereocenters. The van der Waals surface area contributed by atoms with E-state index >= 15 is 0 Å². The second-order valence-electron chi connectivity index (χ2n) is 6.95. The second-order valence-corrected chi connectivity index (χ2v) is 7.39. The molecule has 1 aromatic rings. The summed E-state index contributed by atoms with van der Waals surface area (Å²) in [4.78, 5) is 0. The Kier molecular flexibility index (Phi) is 4.68. The van der Waals surface area contributed by atoms with Crippen LogP contribution in [-0.4, -0.2) is 12.6 Å². The maximum Gasteiger partial charge on any atom is 0.0408 e. The number of hydrogen-bond donors (Lipinski definition) is 1. The van der Waals surface area contributed by atoms with Crippen molar-refractivity contribution in [2.75, 3.05) is 6.54 Å². The fraction of sp³-hybridized carbons (Fsp3) is 0.667. The second kappa shape index (κ2) is 6.49. The monoisotopic (exact) mass is 291 g/mol. The number of nitrogens with one attached hydrogen (secondary N) is 1. The molecule has 1 N–H and O–H groups in total. The first-order chi connectivity index (χ1) is 9.70.